The molecule has 1 N–H and O–H groups in total. The first-order chi connectivity index (χ1) is 12.5. The van der Waals surface area contributed by atoms with Crippen LogP contribution in [0.25, 0.3) is 0 Å². The van der Waals surface area contributed by atoms with Crippen LogP contribution in [-0.4, -0.2) is 66.3 Å². The quantitative estimate of drug-likeness (QED) is 0.847. The normalized spacial score (nSPS) is 16.3. The van der Waals surface area contributed by atoms with Crippen LogP contribution in [-0.2, 0) is 10.0 Å². The summed E-state index contributed by atoms with van der Waals surface area (Å²) in [5.41, 5.74) is 0.568. The molecule has 0 radical (unpaired) electrons. The number of nitrogens with one attached hydrogen (secondary N) is 1. The van der Waals surface area contributed by atoms with Crippen molar-refractivity contribution in [2.45, 2.75) is 18.4 Å². The third-order valence-corrected chi connectivity index (χ3v) is 6.07. The van der Waals surface area contributed by atoms with E-state index in [0.717, 1.165) is 5.75 Å². The van der Waals surface area contributed by atoms with Crippen molar-refractivity contribution in [2.24, 2.45) is 0 Å². The Kier molecular flexibility index (Phi) is 5.58. The Hall–Kier alpha value is -2.39. The molecule has 0 unspecified atom stereocenters. The molecule has 0 atom stereocenters. The molecule has 140 valence electrons. The van der Waals surface area contributed by atoms with Crippen molar-refractivity contribution in [2.75, 3.05) is 32.8 Å². The molecule has 0 spiro atoms. The van der Waals surface area contributed by atoms with Gasteiger partial charge in [0.05, 0.1) is 19.1 Å². The minimum absolute atomic E-state index is 0.0730. The van der Waals surface area contributed by atoms with Crippen molar-refractivity contribution in [1.29, 1.82) is 0 Å². The summed E-state index contributed by atoms with van der Waals surface area (Å²) in [4.78, 5) is 20.8. The third-order valence-electron chi connectivity index (χ3n) is 4.25. The molecular formula is C17H22N4O4S. The number of carbonyl (C=O) groups excluding carboxylic acids is 1. The van der Waals surface area contributed by atoms with Gasteiger partial charge in [0.2, 0.25) is 0 Å². The van der Waals surface area contributed by atoms with E-state index in [9.17, 15) is 13.2 Å². The number of benzene rings is 1. The number of nitrogens with zero attached hydrogens (tertiary/aromatic N) is 3. The smallest absolute Gasteiger partial charge is 0.260 e. The Balaban J connectivity index is 1.67. The average molecular weight is 378 g/mol. The summed E-state index contributed by atoms with van der Waals surface area (Å²) >= 11 is 0. The van der Waals surface area contributed by atoms with Gasteiger partial charge in [-0.05, 0) is 37.6 Å². The SMILES string of the molecule is CCOc1ccc(C(=O)N2CCCN(S(=O)(=O)c3cnc[nH]3)CC2)cc1. The van der Waals surface area contributed by atoms with Crippen LogP contribution in [0, 0.1) is 0 Å². The lowest BCUT2D eigenvalue weighted by Gasteiger charge is -2.21. The first kappa shape index (κ1) is 18.4. The fourth-order valence-electron chi connectivity index (χ4n) is 2.90. The summed E-state index contributed by atoms with van der Waals surface area (Å²) in [6.07, 6.45) is 3.21. The predicted molar refractivity (Wildman–Crippen MR) is 95.5 cm³/mol. The van der Waals surface area contributed by atoms with Crippen molar-refractivity contribution in [3.63, 3.8) is 0 Å². The van der Waals surface area contributed by atoms with Gasteiger partial charge in [-0.1, -0.05) is 0 Å². The molecule has 0 bridgehead atoms. The van der Waals surface area contributed by atoms with E-state index in [1.54, 1.807) is 29.2 Å². The zero-order valence-corrected chi connectivity index (χ0v) is 15.4. The highest BCUT2D eigenvalue weighted by molar-refractivity contribution is 7.89. The molecule has 1 aliphatic rings. The van der Waals surface area contributed by atoms with Crippen LogP contribution < -0.4 is 4.74 Å². The number of aromatic amines is 1. The van der Waals surface area contributed by atoms with Crippen LogP contribution in [0.15, 0.2) is 41.8 Å². The zero-order chi connectivity index (χ0) is 18.6. The van der Waals surface area contributed by atoms with Gasteiger partial charge in [0.15, 0.2) is 5.03 Å². The number of hydrogen-bond donors (Lipinski definition) is 1. The molecule has 1 aromatic carbocycles. The Bertz CT molecular complexity index is 834. The zero-order valence-electron chi connectivity index (χ0n) is 14.6. The van der Waals surface area contributed by atoms with E-state index < -0.39 is 10.0 Å². The molecule has 2 heterocycles. The van der Waals surface area contributed by atoms with Crippen LogP contribution in [0.4, 0.5) is 0 Å². The predicted octanol–water partition coefficient (Wildman–Crippen LogP) is 1.35. The second-order valence-corrected chi connectivity index (χ2v) is 7.83. The summed E-state index contributed by atoms with van der Waals surface area (Å²) in [6, 6.07) is 7.00. The number of ether oxygens (including phenoxy) is 1. The second kappa shape index (κ2) is 7.88. The van der Waals surface area contributed by atoms with Gasteiger partial charge in [-0.3, -0.25) is 4.79 Å². The third kappa shape index (κ3) is 3.88. The summed E-state index contributed by atoms with van der Waals surface area (Å²) in [5.74, 6) is 0.616. The van der Waals surface area contributed by atoms with Crippen LogP contribution >= 0.6 is 0 Å². The van der Waals surface area contributed by atoms with Gasteiger partial charge in [-0.25, -0.2) is 13.4 Å². The van der Waals surface area contributed by atoms with Gasteiger partial charge in [0, 0.05) is 31.7 Å². The van der Waals surface area contributed by atoms with Crippen LogP contribution in [0.5, 0.6) is 5.75 Å². The van der Waals surface area contributed by atoms with Crippen LogP contribution in [0.2, 0.25) is 0 Å². The van der Waals surface area contributed by atoms with Crippen molar-refractivity contribution in [3.05, 3.63) is 42.4 Å². The number of imidazole rings is 1. The molecule has 0 saturated carbocycles. The number of hydrogen-bond acceptors (Lipinski definition) is 5. The lowest BCUT2D eigenvalue weighted by Crippen LogP contribution is -2.37. The Morgan fingerprint density at radius 3 is 2.62 bits per heavy atom. The summed E-state index contributed by atoms with van der Waals surface area (Å²) < 4.78 is 31.9. The molecular weight excluding hydrogens is 356 g/mol. The monoisotopic (exact) mass is 378 g/mol. The number of H-pyrrole nitrogens is 1. The van der Waals surface area contributed by atoms with E-state index in [0.29, 0.717) is 38.2 Å². The summed E-state index contributed by atoms with van der Waals surface area (Å²) in [7, 11) is -3.61. The average Bonchev–Trinajstić information content (AvgIpc) is 3.07. The maximum Gasteiger partial charge on any atom is 0.260 e. The molecule has 9 heteroatoms. The highest BCUT2D eigenvalue weighted by atomic mass is 32.2. The van der Waals surface area contributed by atoms with Crippen LogP contribution in [0.1, 0.15) is 23.7 Å². The lowest BCUT2D eigenvalue weighted by molar-refractivity contribution is 0.0764. The standard InChI is InChI=1S/C17H22N4O4S/c1-2-25-15-6-4-14(5-7-15)17(22)20-8-3-9-21(11-10-20)26(23,24)16-12-18-13-19-16/h4-7,12-13H,2-3,8-11H2,1H3,(H,18,19). The van der Waals surface area contributed by atoms with Crippen molar-refractivity contribution >= 4 is 15.9 Å². The molecule has 3 rings (SSSR count). The molecule has 1 aromatic heterocycles. The number of aromatic nitrogens is 2. The van der Waals surface area contributed by atoms with Crippen molar-refractivity contribution < 1.29 is 17.9 Å². The van der Waals surface area contributed by atoms with E-state index in [1.807, 2.05) is 6.92 Å². The number of amides is 1. The Morgan fingerprint density at radius 2 is 1.96 bits per heavy atom. The molecule has 1 saturated heterocycles. The lowest BCUT2D eigenvalue weighted by atomic mass is 10.2. The van der Waals surface area contributed by atoms with Gasteiger partial charge >= 0.3 is 0 Å². The minimum Gasteiger partial charge on any atom is -0.494 e. The number of rotatable bonds is 5. The van der Waals surface area contributed by atoms with Gasteiger partial charge in [0.1, 0.15) is 5.75 Å². The largest absolute Gasteiger partial charge is 0.494 e. The molecule has 1 fully saturated rings. The van der Waals surface area contributed by atoms with Gasteiger partial charge in [0.25, 0.3) is 15.9 Å². The van der Waals surface area contributed by atoms with Gasteiger partial charge in [-0.15, -0.1) is 0 Å². The molecule has 8 nitrogen and oxygen atoms in total. The first-order valence-corrected chi connectivity index (χ1v) is 9.97. The van der Waals surface area contributed by atoms with Gasteiger partial charge in [-0.2, -0.15) is 4.31 Å². The van der Waals surface area contributed by atoms with Crippen molar-refractivity contribution in [1.82, 2.24) is 19.2 Å². The van der Waals surface area contributed by atoms with E-state index in [1.165, 1.54) is 16.8 Å². The Morgan fingerprint density at radius 1 is 1.19 bits per heavy atom. The fraction of sp³-hybridized carbons (Fsp3) is 0.412. The topological polar surface area (TPSA) is 95.6 Å². The van der Waals surface area contributed by atoms with Crippen LogP contribution in [0.3, 0.4) is 0 Å². The van der Waals surface area contributed by atoms with Gasteiger partial charge < -0.3 is 14.6 Å². The molecule has 0 aliphatic carbocycles. The maximum atomic E-state index is 12.7. The van der Waals surface area contributed by atoms with Crippen molar-refractivity contribution in [3.8, 4) is 5.75 Å². The first-order valence-electron chi connectivity index (χ1n) is 8.53. The highest BCUT2D eigenvalue weighted by Gasteiger charge is 2.29. The summed E-state index contributed by atoms with van der Waals surface area (Å²) in [5, 5.41) is 0.0730. The molecule has 26 heavy (non-hydrogen) atoms. The maximum absolute atomic E-state index is 12.7. The van der Waals surface area contributed by atoms with E-state index in [4.69, 9.17) is 4.74 Å². The number of sulfonamides is 1. The summed E-state index contributed by atoms with van der Waals surface area (Å²) in [6.45, 7) is 3.96. The van der Waals surface area contributed by atoms with E-state index in [2.05, 4.69) is 9.97 Å². The van der Waals surface area contributed by atoms with E-state index in [-0.39, 0.29) is 17.5 Å². The fourth-order valence-corrected chi connectivity index (χ4v) is 4.27. The highest BCUT2D eigenvalue weighted by Crippen LogP contribution is 2.18. The minimum atomic E-state index is -3.61. The Labute approximate surface area is 152 Å². The second-order valence-electron chi connectivity index (χ2n) is 5.92. The molecule has 2 aromatic rings. The molecule has 1 amide bonds. The van der Waals surface area contributed by atoms with E-state index >= 15 is 0 Å². The number of carbonyl (C=O) groups is 1. The molecule has 1 aliphatic heterocycles.